The number of unbranched alkanes of at least 4 members (excludes halogenated alkanes) is 1. The third-order valence-corrected chi connectivity index (χ3v) is 6.58. The lowest BCUT2D eigenvalue weighted by molar-refractivity contribution is -0.121. The zero-order valence-corrected chi connectivity index (χ0v) is 18.2. The molecule has 0 aliphatic heterocycles. The van der Waals surface area contributed by atoms with Crippen molar-refractivity contribution >= 4 is 5.91 Å². The molecule has 0 heterocycles. The zero-order chi connectivity index (χ0) is 21.3. The quantitative estimate of drug-likeness (QED) is 0.379. The Hall–Kier alpha value is -1.91. The van der Waals surface area contributed by atoms with Crippen LogP contribution < -0.4 is 5.32 Å². The number of benzene rings is 1. The van der Waals surface area contributed by atoms with Gasteiger partial charge in [-0.1, -0.05) is 53.6 Å². The Labute approximate surface area is 181 Å². The molecule has 4 atom stereocenters. The van der Waals surface area contributed by atoms with E-state index < -0.39 is 0 Å². The van der Waals surface area contributed by atoms with Crippen molar-refractivity contribution in [2.24, 2.45) is 17.8 Å². The Morgan fingerprint density at radius 2 is 2.13 bits per heavy atom. The molecular weight excluding hydrogens is 374 g/mol. The summed E-state index contributed by atoms with van der Waals surface area (Å²) in [5.74, 6) is 1.35. The van der Waals surface area contributed by atoms with Crippen LogP contribution in [0.5, 0.6) is 0 Å². The lowest BCUT2D eigenvalue weighted by Gasteiger charge is -2.18. The van der Waals surface area contributed by atoms with Crippen molar-refractivity contribution in [2.45, 2.75) is 64.4 Å². The molecule has 30 heavy (non-hydrogen) atoms. The molecule has 164 valence electrons. The second kappa shape index (κ2) is 11.5. The molecule has 0 saturated heterocycles. The third kappa shape index (κ3) is 6.55. The summed E-state index contributed by atoms with van der Waals surface area (Å²) in [5, 5.41) is 22.0. The van der Waals surface area contributed by atoms with Gasteiger partial charge in [-0.3, -0.25) is 4.79 Å². The van der Waals surface area contributed by atoms with Crippen molar-refractivity contribution in [3.63, 3.8) is 0 Å². The molecule has 3 N–H and O–H groups in total. The summed E-state index contributed by atoms with van der Waals surface area (Å²) in [5.41, 5.74) is 4.19. The van der Waals surface area contributed by atoms with Crippen LogP contribution in [0.4, 0.5) is 0 Å². The number of fused-ring (bicyclic) bond motifs is 1. The van der Waals surface area contributed by atoms with Gasteiger partial charge in [-0.05, 0) is 69.3 Å². The van der Waals surface area contributed by atoms with Crippen LogP contribution >= 0.6 is 0 Å². The maximum atomic E-state index is 11.6. The average molecular weight is 412 g/mol. The molecule has 4 heteroatoms. The molecule has 1 amide bonds. The van der Waals surface area contributed by atoms with E-state index in [9.17, 15) is 9.90 Å². The maximum Gasteiger partial charge on any atom is 0.220 e. The van der Waals surface area contributed by atoms with E-state index in [1.807, 2.05) is 0 Å². The monoisotopic (exact) mass is 411 g/mol. The summed E-state index contributed by atoms with van der Waals surface area (Å²) >= 11 is 0. The van der Waals surface area contributed by atoms with Crippen LogP contribution in [-0.4, -0.2) is 35.4 Å². The van der Waals surface area contributed by atoms with Gasteiger partial charge in [0.1, 0.15) is 0 Å². The number of rotatable bonds is 11. The summed E-state index contributed by atoms with van der Waals surface area (Å²) in [6.07, 6.45) is 14.2. The number of carbonyl (C=O) groups excluding carboxylic acids is 1. The molecule has 3 rings (SSSR count). The fourth-order valence-electron chi connectivity index (χ4n) is 5.08. The summed E-state index contributed by atoms with van der Waals surface area (Å²) in [7, 11) is 0. The minimum absolute atomic E-state index is 0.00517. The number of aliphatic hydroxyl groups is 2. The van der Waals surface area contributed by atoms with Gasteiger partial charge in [-0.2, -0.15) is 0 Å². The minimum Gasteiger partial charge on any atom is -0.395 e. The predicted molar refractivity (Wildman–Crippen MR) is 121 cm³/mol. The van der Waals surface area contributed by atoms with E-state index >= 15 is 0 Å². The fourth-order valence-corrected chi connectivity index (χ4v) is 5.08. The highest BCUT2D eigenvalue weighted by Gasteiger charge is 2.43. The lowest BCUT2D eigenvalue weighted by atomic mass is 9.88. The number of nitrogens with one attached hydrogen (secondary N) is 1. The molecule has 0 bridgehead atoms. The number of hydrogen-bond donors (Lipinski definition) is 3. The van der Waals surface area contributed by atoms with E-state index in [1.165, 1.54) is 16.7 Å². The van der Waals surface area contributed by atoms with Crippen LogP contribution in [0.1, 0.15) is 56.1 Å². The van der Waals surface area contributed by atoms with E-state index in [0.717, 1.165) is 44.9 Å². The Morgan fingerprint density at radius 1 is 1.27 bits per heavy atom. The largest absolute Gasteiger partial charge is 0.395 e. The van der Waals surface area contributed by atoms with Crippen molar-refractivity contribution in [1.29, 1.82) is 0 Å². The van der Waals surface area contributed by atoms with E-state index in [0.29, 0.717) is 24.8 Å². The fraction of sp³-hybridized carbons (Fsp3) is 0.577. The van der Waals surface area contributed by atoms with Crippen LogP contribution in [-0.2, 0) is 11.2 Å². The molecule has 1 aromatic carbocycles. The third-order valence-electron chi connectivity index (χ3n) is 6.58. The Morgan fingerprint density at radius 3 is 2.93 bits per heavy atom. The predicted octanol–water partition coefficient (Wildman–Crippen LogP) is 4.10. The van der Waals surface area contributed by atoms with Gasteiger partial charge in [-0.15, -0.1) is 0 Å². The van der Waals surface area contributed by atoms with Gasteiger partial charge in [0.15, 0.2) is 0 Å². The summed E-state index contributed by atoms with van der Waals surface area (Å²) in [6.45, 7) is 2.47. The SMILES string of the molecule is Cc1cccc(CC/C=C/[C@@H]2[C@H]3CC(CCCCC(=O)NCCO)=C[C@H]3C[C@H]2O)c1. The molecule has 0 spiro atoms. The molecule has 0 unspecified atom stereocenters. The number of amides is 1. The number of hydrogen-bond acceptors (Lipinski definition) is 3. The summed E-state index contributed by atoms with van der Waals surface area (Å²) in [4.78, 5) is 11.6. The van der Waals surface area contributed by atoms with E-state index in [4.69, 9.17) is 5.11 Å². The molecule has 2 aliphatic carbocycles. The van der Waals surface area contributed by atoms with Gasteiger partial charge in [0.2, 0.25) is 5.91 Å². The number of allylic oxidation sites excluding steroid dienone is 3. The van der Waals surface area contributed by atoms with Gasteiger partial charge in [0, 0.05) is 18.9 Å². The van der Waals surface area contributed by atoms with Crippen LogP contribution in [0.15, 0.2) is 48.1 Å². The Balaban J connectivity index is 1.39. The average Bonchev–Trinajstić information content (AvgIpc) is 3.24. The molecule has 0 radical (unpaired) electrons. The van der Waals surface area contributed by atoms with Gasteiger partial charge in [-0.25, -0.2) is 0 Å². The highest BCUT2D eigenvalue weighted by atomic mass is 16.3. The van der Waals surface area contributed by atoms with Gasteiger partial charge in [0.05, 0.1) is 12.7 Å². The number of carbonyl (C=O) groups is 1. The van der Waals surface area contributed by atoms with E-state index in [1.54, 1.807) is 0 Å². The Kier molecular flexibility index (Phi) is 8.71. The Bertz CT molecular complexity index is 754. The number of aliphatic hydroxyl groups excluding tert-OH is 2. The molecule has 1 saturated carbocycles. The topological polar surface area (TPSA) is 69.6 Å². The first-order valence-electron chi connectivity index (χ1n) is 11.5. The maximum absolute atomic E-state index is 11.6. The standard InChI is InChI=1S/C26H37NO3/c1-19-7-6-10-20(15-19)8-2-4-11-23-24-17-21(16-22(24)18-25(23)29)9-3-5-12-26(30)27-13-14-28/h4,6-7,10-11,15-16,22-25,28-29H,2-3,5,8-9,12-14,17-18H2,1H3,(H,27,30)/b11-4+/t22-,23+,24-,25+/m0/s1. The van der Waals surface area contributed by atoms with Crippen molar-refractivity contribution in [2.75, 3.05) is 13.2 Å². The van der Waals surface area contributed by atoms with Crippen molar-refractivity contribution in [3.8, 4) is 0 Å². The molecule has 1 aromatic rings. The van der Waals surface area contributed by atoms with E-state index in [2.05, 4.69) is 54.7 Å². The number of aryl methyl sites for hydroxylation is 2. The van der Waals surface area contributed by atoms with Crippen LogP contribution in [0.3, 0.4) is 0 Å². The highest BCUT2D eigenvalue weighted by Crippen LogP contribution is 2.48. The molecule has 2 aliphatic rings. The first-order valence-corrected chi connectivity index (χ1v) is 11.5. The second-order valence-corrected chi connectivity index (χ2v) is 8.97. The van der Waals surface area contributed by atoms with Crippen molar-refractivity contribution in [3.05, 3.63) is 59.2 Å². The summed E-state index contributed by atoms with van der Waals surface area (Å²) in [6, 6.07) is 8.68. The molecule has 0 aromatic heterocycles. The van der Waals surface area contributed by atoms with Gasteiger partial charge < -0.3 is 15.5 Å². The lowest BCUT2D eigenvalue weighted by Crippen LogP contribution is -2.25. The molecular formula is C26H37NO3. The van der Waals surface area contributed by atoms with Crippen molar-refractivity contribution in [1.82, 2.24) is 5.32 Å². The molecule has 4 nitrogen and oxygen atoms in total. The smallest absolute Gasteiger partial charge is 0.220 e. The van der Waals surface area contributed by atoms with Gasteiger partial charge in [0.25, 0.3) is 0 Å². The normalized spacial score (nSPS) is 25.5. The van der Waals surface area contributed by atoms with Gasteiger partial charge >= 0.3 is 0 Å². The first kappa shape index (κ1) is 22.8. The second-order valence-electron chi connectivity index (χ2n) is 8.97. The van der Waals surface area contributed by atoms with Crippen LogP contribution in [0.25, 0.3) is 0 Å². The van der Waals surface area contributed by atoms with Crippen LogP contribution in [0.2, 0.25) is 0 Å². The highest BCUT2D eigenvalue weighted by molar-refractivity contribution is 5.75. The minimum atomic E-state index is -0.219. The molecule has 1 fully saturated rings. The first-order chi connectivity index (χ1) is 14.6. The van der Waals surface area contributed by atoms with Crippen LogP contribution in [0, 0.1) is 24.7 Å². The summed E-state index contributed by atoms with van der Waals surface area (Å²) < 4.78 is 0. The van der Waals surface area contributed by atoms with Crippen molar-refractivity contribution < 1.29 is 15.0 Å². The zero-order valence-electron chi connectivity index (χ0n) is 18.2. The van der Waals surface area contributed by atoms with E-state index in [-0.39, 0.29) is 24.5 Å².